The van der Waals surface area contributed by atoms with Crippen molar-refractivity contribution in [2.24, 2.45) is 5.73 Å². The molecule has 1 fully saturated rings. The number of carbonyl (C=O) groups is 1. The van der Waals surface area contributed by atoms with Gasteiger partial charge in [0.2, 0.25) is 15.9 Å². The quantitative estimate of drug-likeness (QED) is 0.793. The molecular formula is C12H17BrClN3O3S. The Morgan fingerprint density at radius 3 is 2.67 bits per heavy atom. The maximum absolute atomic E-state index is 12.6. The van der Waals surface area contributed by atoms with E-state index in [2.05, 4.69) is 21.2 Å². The average molecular weight is 399 g/mol. The molecule has 1 aliphatic rings. The minimum atomic E-state index is -3.62. The number of piperazine rings is 1. The van der Waals surface area contributed by atoms with E-state index in [0.717, 1.165) is 0 Å². The normalized spacial score (nSPS) is 19.8. The largest absolute Gasteiger partial charge is 0.366 e. The predicted octanol–water partition coefficient (Wildman–Crippen LogP) is 0.952. The van der Waals surface area contributed by atoms with Crippen LogP contribution in [0.15, 0.2) is 27.6 Å². The SMILES string of the molecule is CC1CN(S(=O)(=O)c2cc(Br)cc(C(N)=O)c2)CCN1.Cl. The Bertz CT molecular complexity index is 639. The summed E-state index contributed by atoms with van der Waals surface area (Å²) >= 11 is 3.21. The number of nitrogens with zero attached hydrogens (tertiary/aromatic N) is 1. The highest BCUT2D eigenvalue weighted by atomic mass is 79.9. The Kier molecular flexibility index (Phi) is 6.18. The van der Waals surface area contributed by atoms with Crippen molar-refractivity contribution >= 4 is 44.3 Å². The Labute approximate surface area is 138 Å². The Balaban J connectivity index is 0.00000220. The summed E-state index contributed by atoms with van der Waals surface area (Å²) in [5, 5.41) is 3.19. The number of rotatable bonds is 3. The van der Waals surface area contributed by atoms with Gasteiger partial charge in [-0.3, -0.25) is 4.79 Å². The average Bonchev–Trinajstić information content (AvgIpc) is 2.38. The highest BCUT2D eigenvalue weighted by Gasteiger charge is 2.29. The molecule has 0 aromatic heterocycles. The lowest BCUT2D eigenvalue weighted by Crippen LogP contribution is -2.51. The molecule has 2 rings (SSSR count). The number of sulfonamides is 1. The van der Waals surface area contributed by atoms with E-state index < -0.39 is 15.9 Å². The molecule has 21 heavy (non-hydrogen) atoms. The summed E-state index contributed by atoms with van der Waals surface area (Å²) in [7, 11) is -3.62. The Hall–Kier alpha value is -0.670. The zero-order valence-electron chi connectivity index (χ0n) is 11.4. The number of amides is 1. The number of nitrogens with one attached hydrogen (secondary N) is 1. The molecule has 1 heterocycles. The smallest absolute Gasteiger partial charge is 0.248 e. The van der Waals surface area contributed by atoms with Gasteiger partial charge >= 0.3 is 0 Å². The molecule has 1 aliphatic heterocycles. The maximum atomic E-state index is 12.6. The van der Waals surface area contributed by atoms with E-state index in [0.29, 0.717) is 24.1 Å². The summed E-state index contributed by atoms with van der Waals surface area (Å²) in [6.07, 6.45) is 0. The number of hydrogen-bond donors (Lipinski definition) is 2. The topological polar surface area (TPSA) is 92.5 Å². The summed E-state index contributed by atoms with van der Waals surface area (Å²) in [5.41, 5.74) is 5.38. The fourth-order valence-electron chi connectivity index (χ4n) is 2.12. The van der Waals surface area contributed by atoms with Crippen molar-refractivity contribution in [1.29, 1.82) is 0 Å². The second-order valence-corrected chi connectivity index (χ2v) is 7.61. The van der Waals surface area contributed by atoms with Crippen LogP contribution in [0, 0.1) is 0 Å². The fraction of sp³-hybridized carbons (Fsp3) is 0.417. The molecule has 1 atom stereocenters. The monoisotopic (exact) mass is 397 g/mol. The minimum Gasteiger partial charge on any atom is -0.366 e. The van der Waals surface area contributed by atoms with Crippen molar-refractivity contribution in [3.63, 3.8) is 0 Å². The van der Waals surface area contributed by atoms with Crippen molar-refractivity contribution in [2.45, 2.75) is 17.9 Å². The number of nitrogens with two attached hydrogens (primary N) is 1. The van der Waals surface area contributed by atoms with Gasteiger partial charge in [0.1, 0.15) is 0 Å². The summed E-state index contributed by atoms with van der Waals surface area (Å²) < 4.78 is 27.1. The molecule has 3 N–H and O–H groups in total. The van der Waals surface area contributed by atoms with Crippen molar-refractivity contribution in [2.75, 3.05) is 19.6 Å². The van der Waals surface area contributed by atoms with Crippen molar-refractivity contribution in [3.05, 3.63) is 28.2 Å². The molecule has 0 spiro atoms. The van der Waals surface area contributed by atoms with E-state index >= 15 is 0 Å². The van der Waals surface area contributed by atoms with Gasteiger partial charge in [0, 0.05) is 35.7 Å². The van der Waals surface area contributed by atoms with Crippen molar-refractivity contribution in [3.8, 4) is 0 Å². The first-order chi connectivity index (χ1) is 9.30. The summed E-state index contributed by atoms with van der Waals surface area (Å²) in [6.45, 7) is 3.35. The molecule has 1 saturated heterocycles. The van der Waals surface area contributed by atoms with Crippen LogP contribution < -0.4 is 11.1 Å². The molecule has 0 aliphatic carbocycles. The lowest BCUT2D eigenvalue weighted by atomic mass is 10.2. The van der Waals surface area contributed by atoms with Crippen LogP contribution in [0.5, 0.6) is 0 Å². The van der Waals surface area contributed by atoms with E-state index in [-0.39, 0.29) is 28.9 Å². The molecule has 6 nitrogen and oxygen atoms in total. The zero-order chi connectivity index (χ0) is 14.9. The number of benzene rings is 1. The highest BCUT2D eigenvalue weighted by molar-refractivity contribution is 9.10. The third kappa shape index (κ3) is 4.17. The maximum Gasteiger partial charge on any atom is 0.248 e. The van der Waals surface area contributed by atoms with Gasteiger partial charge in [-0.15, -0.1) is 12.4 Å². The van der Waals surface area contributed by atoms with E-state index in [9.17, 15) is 13.2 Å². The van der Waals surface area contributed by atoms with E-state index in [4.69, 9.17) is 5.73 Å². The molecule has 118 valence electrons. The molecule has 1 unspecified atom stereocenters. The molecule has 0 saturated carbocycles. The first kappa shape index (κ1) is 18.4. The van der Waals surface area contributed by atoms with Gasteiger partial charge in [0.15, 0.2) is 0 Å². The highest BCUT2D eigenvalue weighted by Crippen LogP contribution is 2.23. The summed E-state index contributed by atoms with van der Waals surface area (Å²) in [5.74, 6) is -0.656. The summed E-state index contributed by atoms with van der Waals surface area (Å²) in [6, 6.07) is 4.40. The molecule has 1 aromatic rings. The van der Waals surface area contributed by atoms with Gasteiger partial charge in [0.25, 0.3) is 0 Å². The van der Waals surface area contributed by atoms with Gasteiger partial charge in [-0.2, -0.15) is 4.31 Å². The standard InChI is InChI=1S/C12H16BrN3O3S.ClH/c1-8-7-16(3-2-15-8)20(18,19)11-5-9(12(14)17)4-10(13)6-11;/h4-6,8,15H,2-3,7H2,1H3,(H2,14,17);1H. The molecule has 0 bridgehead atoms. The minimum absolute atomic E-state index is 0. The molecule has 9 heteroatoms. The summed E-state index contributed by atoms with van der Waals surface area (Å²) in [4.78, 5) is 11.3. The van der Waals surface area contributed by atoms with Crippen LogP contribution in [0.3, 0.4) is 0 Å². The van der Waals surface area contributed by atoms with Gasteiger partial charge in [0.05, 0.1) is 4.90 Å². The first-order valence-corrected chi connectivity index (χ1v) is 8.38. The molecule has 1 amide bonds. The van der Waals surface area contributed by atoms with Gasteiger partial charge in [-0.25, -0.2) is 8.42 Å². The lowest BCUT2D eigenvalue weighted by molar-refractivity contribution is 0.1000. The van der Waals surface area contributed by atoms with Crippen molar-refractivity contribution < 1.29 is 13.2 Å². The Morgan fingerprint density at radius 2 is 2.10 bits per heavy atom. The van der Waals surface area contributed by atoms with Crippen LogP contribution in [0.4, 0.5) is 0 Å². The second kappa shape index (κ2) is 7.06. The third-order valence-corrected chi connectivity index (χ3v) is 5.43. The van der Waals surface area contributed by atoms with Gasteiger partial charge in [-0.1, -0.05) is 15.9 Å². The lowest BCUT2D eigenvalue weighted by Gasteiger charge is -2.31. The van der Waals surface area contributed by atoms with E-state index in [1.54, 1.807) is 0 Å². The van der Waals surface area contributed by atoms with Crippen LogP contribution >= 0.6 is 28.3 Å². The van der Waals surface area contributed by atoms with Crippen LogP contribution in [0.25, 0.3) is 0 Å². The van der Waals surface area contributed by atoms with Gasteiger partial charge in [-0.05, 0) is 25.1 Å². The Morgan fingerprint density at radius 1 is 1.43 bits per heavy atom. The zero-order valence-corrected chi connectivity index (χ0v) is 14.6. The predicted molar refractivity (Wildman–Crippen MR) is 86.1 cm³/mol. The molecule has 1 aromatic carbocycles. The molecule has 0 radical (unpaired) electrons. The molecular weight excluding hydrogens is 382 g/mol. The fourth-order valence-corrected chi connectivity index (χ4v) is 4.36. The number of carbonyl (C=O) groups excluding carboxylic acids is 1. The number of hydrogen-bond acceptors (Lipinski definition) is 4. The van der Waals surface area contributed by atoms with Crippen LogP contribution in [0.2, 0.25) is 0 Å². The van der Waals surface area contributed by atoms with Gasteiger partial charge < -0.3 is 11.1 Å². The number of primary amides is 1. The first-order valence-electron chi connectivity index (χ1n) is 6.14. The van der Waals surface area contributed by atoms with Crippen LogP contribution in [0.1, 0.15) is 17.3 Å². The van der Waals surface area contributed by atoms with Crippen molar-refractivity contribution in [1.82, 2.24) is 9.62 Å². The van der Waals surface area contributed by atoms with Crippen LogP contribution in [-0.2, 0) is 10.0 Å². The van der Waals surface area contributed by atoms with E-state index in [1.807, 2.05) is 6.92 Å². The number of halogens is 2. The van der Waals surface area contributed by atoms with Crippen LogP contribution in [-0.4, -0.2) is 44.3 Å². The van der Waals surface area contributed by atoms with E-state index in [1.165, 1.54) is 22.5 Å². The third-order valence-electron chi connectivity index (χ3n) is 3.13. The second-order valence-electron chi connectivity index (χ2n) is 4.76.